The van der Waals surface area contributed by atoms with Crippen LogP contribution in [0.15, 0.2) is 195 Å². The maximum absolute atomic E-state index is 13.6. The molecule has 0 aliphatic rings. The lowest BCUT2D eigenvalue weighted by molar-refractivity contribution is 0.0680. The monoisotopic (exact) mass is 1760 g/mol. The summed E-state index contributed by atoms with van der Waals surface area (Å²) in [5.41, 5.74) is 4.79. The average molecular weight is 1760 g/mol. The Balaban J connectivity index is 0.000000142. The van der Waals surface area contributed by atoms with Crippen molar-refractivity contribution in [3.05, 3.63) is 298 Å². The number of hydrogen-bond donors (Lipinski definition) is 16. The number of aryl methyl sites for hydroxylation is 4. The van der Waals surface area contributed by atoms with Gasteiger partial charge in [0, 0.05) is 49.2 Å². The van der Waals surface area contributed by atoms with Gasteiger partial charge in [0.15, 0.2) is 40.5 Å². The fourth-order valence-electron chi connectivity index (χ4n) is 12.0. The highest BCUT2D eigenvalue weighted by molar-refractivity contribution is 5.98. The Morgan fingerprint density at radius 2 is 0.641 bits per heavy atom. The van der Waals surface area contributed by atoms with Crippen molar-refractivity contribution >= 4 is 123 Å². The van der Waals surface area contributed by atoms with E-state index in [1.165, 1.54) is 98.8 Å². The summed E-state index contributed by atoms with van der Waals surface area (Å²) < 4.78 is 105. The van der Waals surface area contributed by atoms with Crippen LogP contribution in [-0.4, -0.2) is 167 Å². The van der Waals surface area contributed by atoms with Gasteiger partial charge in [-0.15, -0.1) is 0 Å². The summed E-state index contributed by atoms with van der Waals surface area (Å²) in [6, 6.07) is 39.5. The fraction of sp³-hybridized carbons (Fsp3) is 0.0455. The first kappa shape index (κ1) is 90.9. The number of aromatic amines is 2. The Labute approximate surface area is 709 Å². The first-order valence-electron chi connectivity index (χ1n) is 36.4. The number of hydrogen-bond acceptors (Lipinski definition) is 24. The van der Waals surface area contributed by atoms with Crippen LogP contribution >= 0.6 is 0 Å². The molecule has 0 unspecified atom stereocenters. The standard InChI is InChI=1S/2C13H11N3O.2C11H8FNO3.C10H4F3NO3.3C10H6FNO3/c1-8-2-5-12(17)13-9(8)3-4-10(16-13)11-6-14-7-15-11;1-8-4-9-2-3-10(11-6-14-7-15-11)16-13(9)12(17)5-8;1-5-4-8(14)10-6(9(5)12)2-3-7(13-10)11(15)16;1-5-4-6-2-3-7(11(15)16)13-9(6)10(14)8(5)12;11-5-3-1-2-4(10(16)17)14-8(3)9(15)7(13)6(5)12;11-6-2-4-8(13)9-5(6)1-3-7(12-9)10(14)15;11-6-3-1-5-2-4-7(10(14)15)12-8(5)9(6)13;11-6-3-5-1-2-7(10(14)15)12-9(5)8(13)4-6/h2*2-7,17H,1H3,(H,14,15);2*2-4,14H,1H3,(H,15,16);1-2,15H,(H,16,17);3*1-4,13H,(H,14,15). The van der Waals surface area contributed by atoms with Crippen LogP contribution in [0.4, 0.5) is 35.1 Å². The predicted molar refractivity (Wildman–Crippen MR) is 443 cm³/mol. The van der Waals surface area contributed by atoms with E-state index in [4.69, 9.17) is 30.6 Å². The summed E-state index contributed by atoms with van der Waals surface area (Å²) in [6.45, 7) is 6.97. The molecule has 128 heavy (non-hydrogen) atoms. The lowest BCUT2D eigenvalue weighted by atomic mass is 10.1. The number of carbonyl (C=O) groups is 6. The van der Waals surface area contributed by atoms with Crippen molar-refractivity contribution in [2.24, 2.45) is 0 Å². The van der Waals surface area contributed by atoms with Crippen LogP contribution in [0.25, 0.3) is 110 Å². The number of pyridine rings is 8. The number of H-pyrrole nitrogens is 2. The second kappa shape index (κ2) is 38.5. The highest BCUT2D eigenvalue weighted by Gasteiger charge is 2.24. The van der Waals surface area contributed by atoms with Gasteiger partial charge in [-0.05, 0) is 177 Å². The summed E-state index contributed by atoms with van der Waals surface area (Å²) >= 11 is 0. The largest absolute Gasteiger partial charge is 0.506 e. The Kier molecular flexibility index (Phi) is 27.3. The highest BCUT2D eigenvalue weighted by Crippen LogP contribution is 2.36. The van der Waals surface area contributed by atoms with E-state index in [-0.39, 0.29) is 107 Å². The fourth-order valence-corrected chi connectivity index (χ4v) is 12.0. The molecule has 18 aromatic rings. The highest BCUT2D eigenvalue weighted by atomic mass is 19.2. The number of aromatic nitrogens is 12. The summed E-state index contributed by atoms with van der Waals surface area (Å²) in [6.07, 6.45) is 6.63. The van der Waals surface area contributed by atoms with Gasteiger partial charge in [-0.3, -0.25) is 0 Å². The van der Waals surface area contributed by atoms with Crippen molar-refractivity contribution < 1.29 is 135 Å². The number of phenols is 8. The minimum Gasteiger partial charge on any atom is -0.506 e. The smallest absolute Gasteiger partial charge is 0.354 e. The van der Waals surface area contributed by atoms with Gasteiger partial charge in [0.25, 0.3) is 0 Å². The van der Waals surface area contributed by atoms with Gasteiger partial charge in [-0.2, -0.15) is 4.39 Å². The third-order valence-electron chi connectivity index (χ3n) is 18.2. The molecule has 0 radical (unpaired) electrons. The van der Waals surface area contributed by atoms with E-state index in [2.05, 4.69) is 59.8 Å². The van der Waals surface area contributed by atoms with Gasteiger partial charge in [0.2, 0.25) is 5.82 Å². The molecule has 0 spiro atoms. The molecule has 0 bridgehead atoms. The quantitative estimate of drug-likeness (QED) is 0.0496. The second-order valence-electron chi connectivity index (χ2n) is 27.0. The topological polar surface area (TPSA) is 546 Å². The van der Waals surface area contributed by atoms with E-state index in [9.17, 15) is 105 Å². The molecule has 0 saturated carbocycles. The van der Waals surface area contributed by atoms with E-state index < -0.39 is 116 Å². The van der Waals surface area contributed by atoms with Crippen LogP contribution in [0, 0.1) is 74.2 Å². The maximum Gasteiger partial charge on any atom is 0.354 e. The van der Waals surface area contributed by atoms with Gasteiger partial charge in [-0.25, -0.2) is 109 Å². The Morgan fingerprint density at radius 1 is 0.273 bits per heavy atom. The molecule has 648 valence electrons. The molecule has 0 aliphatic heterocycles. The van der Waals surface area contributed by atoms with Crippen molar-refractivity contribution in [3.8, 4) is 68.8 Å². The van der Waals surface area contributed by atoms with Crippen LogP contribution in [0.2, 0.25) is 0 Å². The van der Waals surface area contributed by atoms with Crippen molar-refractivity contribution in [1.29, 1.82) is 0 Å². The number of carboxylic acid groups (broad SMARTS) is 6. The molecule has 8 aromatic carbocycles. The zero-order valence-electron chi connectivity index (χ0n) is 65.7. The number of rotatable bonds is 8. The summed E-state index contributed by atoms with van der Waals surface area (Å²) in [4.78, 5) is 108. The number of benzene rings is 8. The second-order valence-corrected chi connectivity index (χ2v) is 27.0. The molecule has 32 nitrogen and oxygen atoms in total. The van der Waals surface area contributed by atoms with Crippen molar-refractivity contribution in [3.63, 3.8) is 0 Å². The van der Waals surface area contributed by atoms with Gasteiger partial charge in [-0.1, -0.05) is 36.4 Å². The van der Waals surface area contributed by atoms with E-state index in [1.807, 2.05) is 50.2 Å². The van der Waals surface area contributed by atoms with Crippen LogP contribution in [0.5, 0.6) is 46.0 Å². The third-order valence-corrected chi connectivity index (χ3v) is 18.2. The lowest BCUT2D eigenvalue weighted by Gasteiger charge is -2.05. The number of nitrogens with zero attached hydrogens (tertiary/aromatic N) is 10. The maximum atomic E-state index is 13.6. The molecular weight excluding hydrogens is 1700 g/mol. The number of phenolic OH excluding ortho intramolecular Hbond substituents is 8. The van der Waals surface area contributed by atoms with Gasteiger partial charge in [0.05, 0.1) is 47.8 Å². The van der Waals surface area contributed by atoms with Crippen LogP contribution in [0.1, 0.15) is 85.2 Å². The number of aromatic carboxylic acids is 6. The normalized spacial score (nSPS) is 10.7. The zero-order valence-corrected chi connectivity index (χ0v) is 65.7. The number of nitrogens with one attached hydrogen (secondary N) is 2. The number of imidazole rings is 2. The minimum absolute atomic E-state index is 0.0389. The number of halogens is 8. The molecule has 10 aromatic heterocycles. The van der Waals surface area contributed by atoms with Crippen molar-refractivity contribution in [2.75, 3.05) is 0 Å². The number of carboxylic acids is 6. The van der Waals surface area contributed by atoms with Crippen LogP contribution in [-0.2, 0) is 0 Å². The molecule has 0 atom stereocenters. The molecule has 0 aliphatic carbocycles. The molecule has 0 fully saturated rings. The van der Waals surface area contributed by atoms with Gasteiger partial charge < -0.3 is 81.5 Å². The van der Waals surface area contributed by atoms with Gasteiger partial charge in [0.1, 0.15) is 124 Å². The molecule has 0 amide bonds. The van der Waals surface area contributed by atoms with Crippen molar-refractivity contribution in [1.82, 2.24) is 59.8 Å². The number of aromatic hydroxyl groups is 8. The molecule has 16 N–H and O–H groups in total. The average Bonchev–Trinajstić information content (AvgIpc) is 0.980. The predicted octanol–water partition coefficient (Wildman–Crippen LogP) is 16.8. The minimum atomic E-state index is -1.83. The van der Waals surface area contributed by atoms with E-state index in [0.29, 0.717) is 27.2 Å². The number of fused-ring (bicyclic) bond motifs is 8. The molecule has 40 heteroatoms. The molecule has 18 rings (SSSR count). The Morgan fingerprint density at radius 3 is 1.17 bits per heavy atom. The first-order valence-corrected chi connectivity index (χ1v) is 36.4. The Bertz CT molecular complexity index is 7430. The zero-order chi connectivity index (χ0) is 93.1. The van der Waals surface area contributed by atoms with Crippen molar-refractivity contribution in [2.45, 2.75) is 27.7 Å². The van der Waals surface area contributed by atoms with E-state index in [0.717, 1.165) is 81.1 Å². The summed E-state index contributed by atoms with van der Waals surface area (Å²) in [5, 5.41) is 131. The van der Waals surface area contributed by atoms with Gasteiger partial charge >= 0.3 is 35.8 Å². The molecular formula is C88H60F8N12O20. The van der Waals surface area contributed by atoms with Crippen LogP contribution in [0.3, 0.4) is 0 Å². The summed E-state index contributed by atoms with van der Waals surface area (Å²) in [7, 11) is 0. The summed E-state index contributed by atoms with van der Waals surface area (Å²) in [5.74, 6) is -18.8. The van der Waals surface area contributed by atoms with Crippen LogP contribution < -0.4 is 0 Å². The van der Waals surface area contributed by atoms with E-state index in [1.54, 1.807) is 37.2 Å². The lowest BCUT2D eigenvalue weighted by Crippen LogP contribution is -2.02. The molecule has 10 heterocycles. The molecule has 0 saturated heterocycles. The first-order chi connectivity index (χ1) is 60.7. The SMILES string of the molecule is Cc1cc(O)c2nc(-c3cnc[nH]3)ccc2c1.Cc1cc(O)c2nc(C(=O)O)ccc2c1F.Cc1cc2ccc(C(=O)O)nc2c(O)c1F.Cc1ccc(O)c2nc(-c3cnc[nH]3)ccc12.O=C(O)c1ccc2c(F)c(F)c(F)c(O)c2n1.O=C(O)c1ccc2c(F)ccc(O)c2n1.O=C(O)c1ccc2cc(F)cc(O)c2n1.O=C(O)c1ccc2ccc(F)c(O)c2n1. The Hall–Kier alpha value is -17.9. The van der Waals surface area contributed by atoms with E-state index >= 15 is 0 Å². The third kappa shape index (κ3) is 20.3.